The van der Waals surface area contributed by atoms with Crippen molar-refractivity contribution in [2.45, 2.75) is 13.3 Å². The van der Waals surface area contributed by atoms with Crippen LogP contribution in [0.4, 0.5) is 0 Å². The molecular formula is C16H20N2OS. The summed E-state index contributed by atoms with van der Waals surface area (Å²) in [5.74, 6) is 0.903. The van der Waals surface area contributed by atoms with Crippen LogP contribution in [0, 0.1) is 0 Å². The van der Waals surface area contributed by atoms with Crippen LogP contribution >= 0.6 is 11.3 Å². The number of hydrogen-bond acceptors (Lipinski definition) is 4. The predicted octanol–water partition coefficient (Wildman–Crippen LogP) is 3.53. The molecule has 0 amide bonds. The van der Waals surface area contributed by atoms with Crippen molar-refractivity contribution >= 4 is 11.3 Å². The summed E-state index contributed by atoms with van der Waals surface area (Å²) < 4.78 is 5.44. The summed E-state index contributed by atoms with van der Waals surface area (Å²) in [4.78, 5) is 4.67. The number of nitrogens with zero attached hydrogens (tertiary/aromatic N) is 1. The highest BCUT2D eigenvalue weighted by Crippen LogP contribution is 2.24. The molecule has 0 aliphatic carbocycles. The van der Waals surface area contributed by atoms with E-state index in [1.807, 2.05) is 25.1 Å². The maximum absolute atomic E-state index is 5.44. The summed E-state index contributed by atoms with van der Waals surface area (Å²) in [6.45, 7) is 8.14. The number of thiazole rings is 1. The van der Waals surface area contributed by atoms with E-state index in [9.17, 15) is 0 Å². The van der Waals surface area contributed by atoms with Crippen molar-refractivity contribution < 1.29 is 4.74 Å². The van der Waals surface area contributed by atoms with Crippen molar-refractivity contribution in [1.82, 2.24) is 10.3 Å². The van der Waals surface area contributed by atoms with Gasteiger partial charge in [0.2, 0.25) is 0 Å². The Bertz CT molecular complexity index is 534. The Balaban J connectivity index is 1.95. The summed E-state index contributed by atoms with van der Waals surface area (Å²) in [6.07, 6.45) is 2.82. The Labute approximate surface area is 124 Å². The molecule has 1 aromatic carbocycles. The monoisotopic (exact) mass is 288 g/mol. The largest absolute Gasteiger partial charge is 0.494 e. The smallest absolute Gasteiger partial charge is 0.119 e. The van der Waals surface area contributed by atoms with E-state index in [0.717, 1.165) is 41.5 Å². The van der Waals surface area contributed by atoms with Gasteiger partial charge in [0.05, 0.1) is 17.3 Å². The first-order chi connectivity index (χ1) is 9.83. The van der Waals surface area contributed by atoms with Gasteiger partial charge >= 0.3 is 0 Å². The van der Waals surface area contributed by atoms with Crippen molar-refractivity contribution in [2.75, 3.05) is 19.7 Å². The number of rotatable bonds is 8. The predicted molar refractivity (Wildman–Crippen MR) is 85.5 cm³/mol. The van der Waals surface area contributed by atoms with Crippen LogP contribution in [0.25, 0.3) is 11.3 Å². The molecule has 0 atom stereocenters. The van der Waals surface area contributed by atoms with Crippen LogP contribution in [-0.2, 0) is 6.42 Å². The quantitative estimate of drug-likeness (QED) is 0.596. The Hall–Kier alpha value is -1.65. The summed E-state index contributed by atoms with van der Waals surface area (Å²) >= 11 is 1.71. The Morgan fingerprint density at radius 3 is 2.85 bits per heavy atom. The molecule has 106 valence electrons. The molecule has 20 heavy (non-hydrogen) atoms. The number of hydrogen-bond donors (Lipinski definition) is 1. The van der Waals surface area contributed by atoms with Gasteiger partial charge in [-0.15, -0.1) is 17.9 Å². The highest BCUT2D eigenvalue weighted by atomic mass is 32.1. The number of nitrogens with one attached hydrogen (secondary N) is 1. The molecule has 0 aliphatic rings. The summed E-state index contributed by atoms with van der Waals surface area (Å²) in [6, 6.07) is 8.09. The molecule has 0 radical (unpaired) electrons. The molecule has 0 spiro atoms. The van der Waals surface area contributed by atoms with E-state index in [-0.39, 0.29) is 0 Å². The van der Waals surface area contributed by atoms with Crippen LogP contribution in [0.2, 0.25) is 0 Å². The van der Waals surface area contributed by atoms with Crippen LogP contribution in [0.5, 0.6) is 5.75 Å². The minimum Gasteiger partial charge on any atom is -0.494 e. The number of aromatic nitrogens is 1. The fourth-order valence-corrected chi connectivity index (χ4v) is 2.65. The highest BCUT2D eigenvalue weighted by Gasteiger charge is 2.04. The average Bonchev–Trinajstić information content (AvgIpc) is 2.94. The fraction of sp³-hybridized carbons (Fsp3) is 0.312. The first-order valence-electron chi connectivity index (χ1n) is 6.82. The van der Waals surface area contributed by atoms with E-state index in [1.54, 1.807) is 11.3 Å². The van der Waals surface area contributed by atoms with Gasteiger partial charge in [-0.2, -0.15) is 0 Å². The zero-order valence-electron chi connectivity index (χ0n) is 11.8. The van der Waals surface area contributed by atoms with Gasteiger partial charge in [-0.05, 0) is 31.2 Å². The highest BCUT2D eigenvalue weighted by molar-refractivity contribution is 7.09. The molecular weight excluding hydrogens is 268 g/mol. The lowest BCUT2D eigenvalue weighted by Crippen LogP contribution is -2.16. The Morgan fingerprint density at radius 1 is 1.35 bits per heavy atom. The molecule has 0 saturated carbocycles. The number of ether oxygens (including phenoxy) is 1. The van der Waals surface area contributed by atoms with Crippen molar-refractivity contribution in [3.05, 3.63) is 47.3 Å². The maximum Gasteiger partial charge on any atom is 0.119 e. The van der Waals surface area contributed by atoms with Crippen molar-refractivity contribution in [2.24, 2.45) is 0 Å². The third-order valence-electron chi connectivity index (χ3n) is 2.82. The lowest BCUT2D eigenvalue weighted by atomic mass is 10.2. The molecule has 0 aliphatic heterocycles. The third-order valence-corrected chi connectivity index (χ3v) is 3.73. The van der Waals surface area contributed by atoms with E-state index in [1.165, 1.54) is 0 Å². The van der Waals surface area contributed by atoms with Gasteiger partial charge < -0.3 is 10.1 Å². The van der Waals surface area contributed by atoms with Gasteiger partial charge in [0, 0.05) is 30.5 Å². The van der Waals surface area contributed by atoms with Crippen molar-refractivity contribution in [3.8, 4) is 17.0 Å². The molecule has 2 aromatic rings. The molecule has 1 N–H and O–H groups in total. The summed E-state index contributed by atoms with van der Waals surface area (Å²) in [5, 5.41) is 6.55. The Kier molecular flexibility index (Phi) is 5.77. The van der Waals surface area contributed by atoms with Gasteiger partial charge in [-0.3, -0.25) is 0 Å². The fourth-order valence-electron chi connectivity index (χ4n) is 1.85. The minimum absolute atomic E-state index is 0.692. The van der Waals surface area contributed by atoms with Crippen LogP contribution in [-0.4, -0.2) is 24.7 Å². The SMILES string of the molecule is C=CCNCCc1nc(-c2ccc(OCC)cc2)cs1. The van der Waals surface area contributed by atoms with Gasteiger partial charge in [-0.1, -0.05) is 6.08 Å². The first kappa shape index (κ1) is 14.8. The van der Waals surface area contributed by atoms with Gasteiger partial charge in [0.15, 0.2) is 0 Å². The molecule has 0 unspecified atom stereocenters. The van der Waals surface area contributed by atoms with E-state index < -0.39 is 0 Å². The average molecular weight is 288 g/mol. The van der Waals surface area contributed by atoms with Crippen LogP contribution in [0.1, 0.15) is 11.9 Å². The van der Waals surface area contributed by atoms with E-state index in [0.29, 0.717) is 6.61 Å². The lowest BCUT2D eigenvalue weighted by molar-refractivity contribution is 0.340. The third kappa shape index (κ3) is 4.18. The molecule has 2 rings (SSSR count). The normalized spacial score (nSPS) is 10.4. The van der Waals surface area contributed by atoms with E-state index in [2.05, 4.69) is 34.4 Å². The minimum atomic E-state index is 0.692. The lowest BCUT2D eigenvalue weighted by Gasteiger charge is -2.03. The van der Waals surface area contributed by atoms with Crippen molar-refractivity contribution in [3.63, 3.8) is 0 Å². The Morgan fingerprint density at radius 2 is 2.15 bits per heavy atom. The molecule has 3 nitrogen and oxygen atoms in total. The molecule has 0 fully saturated rings. The van der Waals surface area contributed by atoms with Crippen LogP contribution < -0.4 is 10.1 Å². The van der Waals surface area contributed by atoms with E-state index >= 15 is 0 Å². The summed E-state index contributed by atoms with van der Waals surface area (Å²) in [7, 11) is 0. The van der Waals surface area contributed by atoms with E-state index in [4.69, 9.17) is 4.74 Å². The van der Waals surface area contributed by atoms with Gasteiger partial charge in [0.1, 0.15) is 5.75 Å². The maximum atomic E-state index is 5.44. The molecule has 0 bridgehead atoms. The second kappa shape index (κ2) is 7.82. The van der Waals surface area contributed by atoms with Crippen LogP contribution in [0.3, 0.4) is 0 Å². The van der Waals surface area contributed by atoms with Crippen LogP contribution in [0.15, 0.2) is 42.3 Å². The standard InChI is InChI=1S/C16H20N2OS/c1-3-10-17-11-9-16-18-15(12-20-16)13-5-7-14(8-6-13)19-4-2/h3,5-8,12,17H,1,4,9-11H2,2H3. The van der Waals surface area contributed by atoms with Gasteiger partial charge in [-0.25, -0.2) is 4.98 Å². The zero-order valence-corrected chi connectivity index (χ0v) is 12.6. The van der Waals surface area contributed by atoms with Crippen molar-refractivity contribution in [1.29, 1.82) is 0 Å². The summed E-state index contributed by atoms with van der Waals surface area (Å²) in [5.41, 5.74) is 2.17. The zero-order chi connectivity index (χ0) is 14.2. The molecule has 4 heteroatoms. The molecule has 1 heterocycles. The first-order valence-corrected chi connectivity index (χ1v) is 7.70. The second-order valence-corrected chi connectivity index (χ2v) is 5.27. The van der Waals surface area contributed by atoms with Gasteiger partial charge in [0.25, 0.3) is 0 Å². The molecule has 0 saturated heterocycles. The topological polar surface area (TPSA) is 34.2 Å². The molecule has 1 aromatic heterocycles. The number of benzene rings is 1. The second-order valence-electron chi connectivity index (χ2n) is 4.33.